The minimum Gasteiger partial charge on any atom is -0.497 e. The van der Waals surface area contributed by atoms with Gasteiger partial charge in [-0.1, -0.05) is 53.7 Å². The summed E-state index contributed by atoms with van der Waals surface area (Å²) in [6, 6.07) is 21.3. The highest BCUT2D eigenvalue weighted by Crippen LogP contribution is 2.26. The Labute approximate surface area is 161 Å². The number of anilines is 1. The second-order valence-corrected chi connectivity index (χ2v) is 6.39. The monoisotopic (exact) mass is 373 g/mol. The number of benzene rings is 3. The molecule has 2 N–H and O–H groups in total. The molecular formula is C21H19N5O2. The Bertz CT molecular complexity index is 1090. The molecule has 0 aliphatic rings. The molecule has 1 amide bonds. The maximum Gasteiger partial charge on any atom is 0.235 e. The summed E-state index contributed by atoms with van der Waals surface area (Å²) in [5.74, 6) is 0.296. The molecule has 140 valence electrons. The third kappa shape index (κ3) is 3.68. The van der Waals surface area contributed by atoms with Crippen molar-refractivity contribution in [3.63, 3.8) is 0 Å². The molecule has 3 aromatic carbocycles. The van der Waals surface area contributed by atoms with Gasteiger partial charge in [0, 0.05) is 11.1 Å². The molecule has 1 heterocycles. The summed E-state index contributed by atoms with van der Waals surface area (Å²) >= 11 is 0. The summed E-state index contributed by atoms with van der Waals surface area (Å²) in [4.78, 5) is 13.1. The number of hydrogen-bond donors (Lipinski definition) is 2. The maximum atomic E-state index is 13.1. The molecule has 0 saturated heterocycles. The van der Waals surface area contributed by atoms with E-state index in [2.05, 4.69) is 25.9 Å². The first-order chi connectivity index (χ1) is 13.7. The lowest BCUT2D eigenvalue weighted by Gasteiger charge is -2.15. The summed E-state index contributed by atoms with van der Waals surface area (Å²) in [7, 11) is 1.61. The fourth-order valence-electron chi connectivity index (χ4n) is 3.21. The van der Waals surface area contributed by atoms with Crippen molar-refractivity contribution in [2.75, 3.05) is 12.4 Å². The number of H-pyrrole nitrogens is 1. The SMILES string of the molecule is COc1cccc(CC(C(=O)Nc2cccc3ccccc23)c2nn[nH]n2)c1. The lowest BCUT2D eigenvalue weighted by atomic mass is 9.97. The average Bonchev–Trinajstić information content (AvgIpc) is 3.27. The van der Waals surface area contributed by atoms with Gasteiger partial charge >= 0.3 is 0 Å². The number of methoxy groups -OCH3 is 1. The molecule has 0 aliphatic carbocycles. The Morgan fingerprint density at radius 3 is 2.75 bits per heavy atom. The highest BCUT2D eigenvalue weighted by Gasteiger charge is 2.26. The van der Waals surface area contributed by atoms with Crippen LogP contribution in [0, 0.1) is 0 Å². The number of aromatic amines is 1. The molecular weight excluding hydrogens is 354 g/mol. The van der Waals surface area contributed by atoms with Gasteiger partial charge in [0.15, 0.2) is 5.82 Å². The van der Waals surface area contributed by atoms with Gasteiger partial charge in [0.1, 0.15) is 11.7 Å². The van der Waals surface area contributed by atoms with Gasteiger partial charge in [0.05, 0.1) is 7.11 Å². The van der Waals surface area contributed by atoms with E-state index in [4.69, 9.17) is 4.74 Å². The minimum absolute atomic E-state index is 0.194. The smallest absolute Gasteiger partial charge is 0.235 e. The van der Waals surface area contributed by atoms with Crippen molar-refractivity contribution in [2.45, 2.75) is 12.3 Å². The third-order valence-electron chi connectivity index (χ3n) is 4.61. The van der Waals surface area contributed by atoms with Crippen molar-refractivity contribution in [3.8, 4) is 5.75 Å². The molecule has 1 aromatic heterocycles. The number of tetrazole rings is 1. The first kappa shape index (κ1) is 17.7. The zero-order chi connectivity index (χ0) is 19.3. The molecule has 7 heteroatoms. The highest BCUT2D eigenvalue weighted by atomic mass is 16.5. The molecule has 4 aromatic rings. The van der Waals surface area contributed by atoms with Gasteiger partial charge in [-0.15, -0.1) is 10.2 Å². The van der Waals surface area contributed by atoms with Crippen LogP contribution in [0.4, 0.5) is 5.69 Å². The van der Waals surface area contributed by atoms with Crippen LogP contribution < -0.4 is 10.1 Å². The first-order valence-electron chi connectivity index (χ1n) is 8.89. The van der Waals surface area contributed by atoms with Crippen molar-refractivity contribution in [1.29, 1.82) is 0 Å². The topological polar surface area (TPSA) is 92.8 Å². The highest BCUT2D eigenvalue weighted by molar-refractivity contribution is 6.04. The predicted octanol–water partition coefficient (Wildman–Crippen LogP) is 3.33. The molecule has 1 unspecified atom stereocenters. The number of hydrogen-bond acceptors (Lipinski definition) is 5. The molecule has 0 spiro atoms. The molecule has 0 saturated carbocycles. The molecule has 0 aliphatic heterocycles. The maximum absolute atomic E-state index is 13.1. The van der Waals surface area contributed by atoms with E-state index in [-0.39, 0.29) is 5.91 Å². The first-order valence-corrected chi connectivity index (χ1v) is 8.89. The molecule has 0 bridgehead atoms. The zero-order valence-corrected chi connectivity index (χ0v) is 15.3. The van der Waals surface area contributed by atoms with Gasteiger partial charge in [-0.3, -0.25) is 4.79 Å². The van der Waals surface area contributed by atoms with Crippen LogP contribution in [0.1, 0.15) is 17.3 Å². The van der Waals surface area contributed by atoms with Crippen LogP contribution in [0.3, 0.4) is 0 Å². The lowest BCUT2D eigenvalue weighted by Crippen LogP contribution is -2.24. The number of nitrogens with one attached hydrogen (secondary N) is 2. The molecule has 4 rings (SSSR count). The van der Waals surface area contributed by atoms with Crippen molar-refractivity contribution in [3.05, 3.63) is 78.1 Å². The third-order valence-corrected chi connectivity index (χ3v) is 4.61. The van der Waals surface area contributed by atoms with Gasteiger partial charge in [-0.05, 0) is 35.6 Å². The van der Waals surface area contributed by atoms with Crippen LogP contribution in [-0.2, 0) is 11.2 Å². The Morgan fingerprint density at radius 2 is 1.93 bits per heavy atom. The number of carbonyl (C=O) groups is 1. The minimum atomic E-state index is -0.593. The standard InChI is InChI=1S/C21H19N5O2/c1-28-16-9-4-6-14(12-16)13-18(20-23-25-26-24-20)21(27)22-19-11-5-8-15-7-2-3-10-17(15)19/h2-12,18H,13H2,1H3,(H,22,27)(H,23,24,25,26). The normalized spacial score (nSPS) is 11.9. The Kier molecular flexibility index (Phi) is 4.97. The van der Waals surface area contributed by atoms with Gasteiger partial charge in [-0.25, -0.2) is 0 Å². The van der Waals surface area contributed by atoms with Crippen molar-refractivity contribution in [1.82, 2.24) is 20.6 Å². The fourth-order valence-corrected chi connectivity index (χ4v) is 3.21. The van der Waals surface area contributed by atoms with Crippen LogP contribution >= 0.6 is 0 Å². The van der Waals surface area contributed by atoms with Crippen molar-refractivity contribution >= 4 is 22.4 Å². The quantitative estimate of drug-likeness (QED) is 0.541. The predicted molar refractivity (Wildman–Crippen MR) is 106 cm³/mol. The Balaban J connectivity index is 1.63. The van der Waals surface area contributed by atoms with E-state index in [0.717, 1.165) is 27.8 Å². The van der Waals surface area contributed by atoms with E-state index in [1.165, 1.54) is 0 Å². The van der Waals surface area contributed by atoms with E-state index >= 15 is 0 Å². The summed E-state index contributed by atoms with van der Waals surface area (Å²) in [6.07, 6.45) is 0.424. The fraction of sp³-hybridized carbons (Fsp3) is 0.143. The number of aromatic nitrogens is 4. The Hall–Kier alpha value is -3.74. The van der Waals surface area contributed by atoms with E-state index < -0.39 is 5.92 Å². The zero-order valence-electron chi connectivity index (χ0n) is 15.3. The number of fused-ring (bicyclic) bond motifs is 1. The van der Waals surface area contributed by atoms with E-state index in [0.29, 0.717) is 12.2 Å². The van der Waals surface area contributed by atoms with Gasteiger partial charge in [-0.2, -0.15) is 5.21 Å². The number of nitrogens with zero attached hydrogens (tertiary/aromatic N) is 3. The van der Waals surface area contributed by atoms with Gasteiger partial charge < -0.3 is 10.1 Å². The number of carbonyl (C=O) groups excluding carboxylic acids is 1. The van der Waals surface area contributed by atoms with Gasteiger partial charge in [0.2, 0.25) is 5.91 Å². The molecule has 7 nitrogen and oxygen atoms in total. The second-order valence-electron chi connectivity index (χ2n) is 6.39. The number of rotatable bonds is 6. The van der Waals surface area contributed by atoms with Crippen LogP contribution in [0.5, 0.6) is 5.75 Å². The lowest BCUT2D eigenvalue weighted by molar-refractivity contribution is -0.117. The average molecular weight is 373 g/mol. The molecule has 28 heavy (non-hydrogen) atoms. The van der Waals surface area contributed by atoms with E-state index in [9.17, 15) is 4.79 Å². The summed E-state index contributed by atoms with van der Waals surface area (Å²) in [6.45, 7) is 0. The van der Waals surface area contributed by atoms with E-state index in [1.54, 1.807) is 7.11 Å². The molecule has 1 atom stereocenters. The van der Waals surface area contributed by atoms with Crippen LogP contribution in [0.15, 0.2) is 66.7 Å². The summed E-state index contributed by atoms with van der Waals surface area (Å²) in [5.41, 5.74) is 1.70. The van der Waals surface area contributed by atoms with Crippen LogP contribution in [0.2, 0.25) is 0 Å². The largest absolute Gasteiger partial charge is 0.497 e. The summed E-state index contributed by atoms with van der Waals surface area (Å²) in [5, 5.41) is 19.2. The van der Waals surface area contributed by atoms with Crippen LogP contribution in [0.25, 0.3) is 10.8 Å². The van der Waals surface area contributed by atoms with Gasteiger partial charge in [0.25, 0.3) is 0 Å². The van der Waals surface area contributed by atoms with Crippen LogP contribution in [-0.4, -0.2) is 33.6 Å². The van der Waals surface area contributed by atoms with E-state index in [1.807, 2.05) is 66.7 Å². The van der Waals surface area contributed by atoms with Crippen molar-refractivity contribution < 1.29 is 9.53 Å². The molecule has 0 radical (unpaired) electrons. The number of ether oxygens (including phenoxy) is 1. The second kappa shape index (κ2) is 7.87. The van der Waals surface area contributed by atoms with Crippen molar-refractivity contribution in [2.24, 2.45) is 0 Å². The molecule has 0 fully saturated rings. The summed E-state index contributed by atoms with van der Waals surface area (Å²) < 4.78 is 5.28. The Morgan fingerprint density at radius 1 is 1.11 bits per heavy atom. The number of amides is 1.